The predicted octanol–water partition coefficient (Wildman–Crippen LogP) is 4.64. The SMILES string of the molecule is CCN(CC)c1ccc(N2C(=O)/C(=C/c3ccc(C(=O)O)cc3)SC2=S)cc1. The largest absolute Gasteiger partial charge is 0.478 e. The fraction of sp³-hybridized carbons (Fsp3) is 0.190. The van der Waals surface area contributed by atoms with E-state index in [4.69, 9.17) is 17.3 Å². The van der Waals surface area contributed by atoms with E-state index in [9.17, 15) is 9.59 Å². The Balaban J connectivity index is 1.82. The maximum absolute atomic E-state index is 12.9. The number of carboxylic acid groups (broad SMARTS) is 1. The first-order valence-corrected chi connectivity index (χ1v) is 10.1. The molecule has 7 heteroatoms. The zero-order chi connectivity index (χ0) is 20.3. The molecule has 1 N–H and O–H groups in total. The molecule has 1 aliphatic heterocycles. The zero-order valence-electron chi connectivity index (χ0n) is 15.6. The van der Waals surface area contributed by atoms with E-state index in [1.807, 2.05) is 24.3 Å². The van der Waals surface area contributed by atoms with Gasteiger partial charge in [-0.2, -0.15) is 0 Å². The molecule has 0 bridgehead atoms. The number of hydrogen-bond donors (Lipinski definition) is 1. The molecule has 0 spiro atoms. The Bertz CT molecular complexity index is 933. The topological polar surface area (TPSA) is 60.9 Å². The lowest BCUT2D eigenvalue weighted by atomic mass is 10.1. The number of carboxylic acids is 1. The van der Waals surface area contributed by atoms with Gasteiger partial charge in [-0.15, -0.1) is 0 Å². The predicted molar refractivity (Wildman–Crippen MR) is 119 cm³/mol. The van der Waals surface area contributed by atoms with Crippen molar-refractivity contribution in [1.82, 2.24) is 0 Å². The van der Waals surface area contributed by atoms with Crippen LogP contribution in [0, 0.1) is 0 Å². The minimum atomic E-state index is -0.981. The van der Waals surface area contributed by atoms with Crippen molar-refractivity contribution in [3.63, 3.8) is 0 Å². The van der Waals surface area contributed by atoms with Gasteiger partial charge < -0.3 is 10.0 Å². The van der Waals surface area contributed by atoms with Crippen molar-refractivity contribution in [1.29, 1.82) is 0 Å². The summed E-state index contributed by atoms with van der Waals surface area (Å²) in [6.45, 7) is 6.04. The minimum absolute atomic E-state index is 0.173. The van der Waals surface area contributed by atoms with Crippen molar-refractivity contribution in [3.8, 4) is 0 Å². The third kappa shape index (κ3) is 4.10. The Morgan fingerprint density at radius 2 is 1.71 bits per heavy atom. The molecule has 1 amide bonds. The molecule has 0 atom stereocenters. The number of rotatable bonds is 6. The van der Waals surface area contributed by atoms with Crippen LogP contribution in [0.1, 0.15) is 29.8 Å². The van der Waals surface area contributed by atoms with Crippen molar-refractivity contribution in [2.24, 2.45) is 0 Å². The van der Waals surface area contributed by atoms with E-state index in [0.29, 0.717) is 9.23 Å². The quantitative estimate of drug-likeness (QED) is 0.551. The third-order valence-corrected chi connectivity index (χ3v) is 5.79. The van der Waals surface area contributed by atoms with E-state index in [0.717, 1.165) is 30.0 Å². The highest BCUT2D eigenvalue weighted by atomic mass is 32.2. The maximum Gasteiger partial charge on any atom is 0.335 e. The van der Waals surface area contributed by atoms with Crippen LogP contribution in [0.5, 0.6) is 0 Å². The molecule has 2 aromatic rings. The summed E-state index contributed by atoms with van der Waals surface area (Å²) < 4.78 is 0.481. The molecule has 0 aliphatic carbocycles. The number of carbonyl (C=O) groups is 2. The van der Waals surface area contributed by atoms with Crippen LogP contribution in [0.25, 0.3) is 6.08 Å². The Kier molecular flexibility index (Phi) is 6.16. The number of amides is 1. The van der Waals surface area contributed by atoms with Gasteiger partial charge in [0, 0.05) is 18.8 Å². The summed E-state index contributed by atoms with van der Waals surface area (Å²) in [5, 5.41) is 8.98. The fourth-order valence-corrected chi connectivity index (χ4v) is 4.26. The molecule has 1 saturated heterocycles. The van der Waals surface area contributed by atoms with E-state index in [1.54, 1.807) is 18.2 Å². The molecular formula is C21H20N2O3S2. The lowest BCUT2D eigenvalue weighted by Crippen LogP contribution is -2.27. The number of carbonyl (C=O) groups excluding carboxylic acids is 1. The van der Waals surface area contributed by atoms with Crippen LogP contribution in [0.2, 0.25) is 0 Å². The van der Waals surface area contributed by atoms with Crippen molar-refractivity contribution in [2.75, 3.05) is 22.9 Å². The molecular weight excluding hydrogens is 392 g/mol. The summed E-state index contributed by atoms with van der Waals surface area (Å²) in [6.07, 6.45) is 1.73. The molecule has 1 heterocycles. The lowest BCUT2D eigenvalue weighted by Gasteiger charge is -2.22. The zero-order valence-corrected chi connectivity index (χ0v) is 17.2. The van der Waals surface area contributed by atoms with E-state index in [-0.39, 0.29) is 11.5 Å². The number of anilines is 2. The Morgan fingerprint density at radius 3 is 2.25 bits per heavy atom. The van der Waals surface area contributed by atoms with Crippen LogP contribution in [0.4, 0.5) is 11.4 Å². The van der Waals surface area contributed by atoms with Gasteiger partial charge in [0.05, 0.1) is 16.2 Å². The van der Waals surface area contributed by atoms with Gasteiger partial charge in [-0.3, -0.25) is 9.69 Å². The Morgan fingerprint density at radius 1 is 1.11 bits per heavy atom. The Hall–Kier alpha value is -2.64. The van der Waals surface area contributed by atoms with Gasteiger partial charge in [-0.25, -0.2) is 4.79 Å². The summed E-state index contributed by atoms with van der Waals surface area (Å²) in [7, 11) is 0. The van der Waals surface area contributed by atoms with Crippen molar-refractivity contribution >= 4 is 57.6 Å². The molecule has 28 heavy (non-hydrogen) atoms. The van der Waals surface area contributed by atoms with Crippen molar-refractivity contribution < 1.29 is 14.7 Å². The van der Waals surface area contributed by atoms with Crippen molar-refractivity contribution in [3.05, 3.63) is 64.6 Å². The average molecular weight is 413 g/mol. The van der Waals surface area contributed by atoms with Gasteiger partial charge in [0.2, 0.25) is 0 Å². The summed E-state index contributed by atoms with van der Waals surface area (Å²) in [6, 6.07) is 14.2. The number of nitrogens with zero attached hydrogens (tertiary/aromatic N) is 2. The molecule has 3 rings (SSSR count). The van der Waals surface area contributed by atoms with Gasteiger partial charge in [-0.05, 0) is 61.9 Å². The standard InChI is InChI=1S/C21H20N2O3S2/c1-3-22(4-2)16-9-11-17(12-10-16)23-19(24)18(28-21(23)27)13-14-5-7-15(8-6-14)20(25)26/h5-13H,3-4H2,1-2H3,(H,25,26)/b18-13-. The lowest BCUT2D eigenvalue weighted by molar-refractivity contribution is -0.113. The molecule has 2 aromatic carbocycles. The fourth-order valence-electron chi connectivity index (χ4n) is 2.96. The van der Waals surface area contributed by atoms with Gasteiger partial charge in [0.15, 0.2) is 4.32 Å². The highest BCUT2D eigenvalue weighted by Gasteiger charge is 2.33. The first-order valence-electron chi connectivity index (χ1n) is 8.91. The van der Waals surface area contributed by atoms with E-state index < -0.39 is 5.97 Å². The first kappa shape index (κ1) is 20.1. The average Bonchev–Trinajstić information content (AvgIpc) is 2.97. The number of hydrogen-bond acceptors (Lipinski definition) is 5. The molecule has 1 fully saturated rings. The number of thioether (sulfide) groups is 1. The molecule has 5 nitrogen and oxygen atoms in total. The monoisotopic (exact) mass is 412 g/mol. The number of thiocarbonyl (C=S) groups is 1. The summed E-state index contributed by atoms with van der Waals surface area (Å²) in [5.74, 6) is -1.15. The molecule has 0 radical (unpaired) electrons. The second-order valence-electron chi connectivity index (χ2n) is 6.13. The van der Waals surface area contributed by atoms with Crippen molar-refractivity contribution in [2.45, 2.75) is 13.8 Å². The highest BCUT2D eigenvalue weighted by Crippen LogP contribution is 2.36. The van der Waals surface area contributed by atoms with Crippen LogP contribution < -0.4 is 9.80 Å². The van der Waals surface area contributed by atoms with E-state index in [1.165, 1.54) is 28.8 Å². The Labute approximate surface area is 173 Å². The van der Waals surface area contributed by atoms with Gasteiger partial charge in [-0.1, -0.05) is 36.1 Å². The van der Waals surface area contributed by atoms with Gasteiger partial charge in [0.25, 0.3) is 5.91 Å². The first-order chi connectivity index (χ1) is 13.4. The number of benzene rings is 2. The van der Waals surface area contributed by atoms with Crippen LogP contribution in [-0.2, 0) is 4.79 Å². The van der Waals surface area contributed by atoms with Crippen LogP contribution in [0.3, 0.4) is 0 Å². The molecule has 0 saturated carbocycles. The van der Waals surface area contributed by atoms with Crippen LogP contribution in [0.15, 0.2) is 53.4 Å². The maximum atomic E-state index is 12.9. The molecule has 0 aromatic heterocycles. The third-order valence-electron chi connectivity index (χ3n) is 4.49. The molecule has 0 unspecified atom stereocenters. The molecule has 144 valence electrons. The second kappa shape index (κ2) is 8.58. The number of aromatic carboxylic acids is 1. The van der Waals surface area contributed by atoms with E-state index in [2.05, 4.69) is 18.7 Å². The van der Waals surface area contributed by atoms with Crippen LogP contribution in [-0.4, -0.2) is 34.4 Å². The smallest absolute Gasteiger partial charge is 0.335 e. The molecule has 1 aliphatic rings. The second-order valence-corrected chi connectivity index (χ2v) is 7.81. The van der Waals surface area contributed by atoms with E-state index >= 15 is 0 Å². The van der Waals surface area contributed by atoms with Gasteiger partial charge >= 0.3 is 5.97 Å². The summed E-state index contributed by atoms with van der Waals surface area (Å²) in [5.41, 5.74) is 2.80. The van der Waals surface area contributed by atoms with Crippen LogP contribution >= 0.6 is 24.0 Å². The summed E-state index contributed by atoms with van der Waals surface area (Å²) >= 11 is 6.66. The highest BCUT2D eigenvalue weighted by molar-refractivity contribution is 8.27. The minimum Gasteiger partial charge on any atom is -0.478 e. The summed E-state index contributed by atoms with van der Waals surface area (Å²) in [4.78, 5) is 28.1. The normalized spacial score (nSPS) is 15.4. The van der Waals surface area contributed by atoms with Gasteiger partial charge in [0.1, 0.15) is 0 Å².